The molecule has 0 aliphatic heterocycles. The van der Waals surface area contributed by atoms with Crippen LogP contribution < -0.4 is 0 Å². The molecule has 0 amide bonds. The van der Waals surface area contributed by atoms with Crippen LogP contribution in [0.2, 0.25) is 0 Å². The van der Waals surface area contributed by atoms with Gasteiger partial charge in [0.2, 0.25) is 0 Å². The summed E-state index contributed by atoms with van der Waals surface area (Å²) in [6.45, 7) is 0.619. The largest absolute Gasteiger partial charge is 0.478 e. The summed E-state index contributed by atoms with van der Waals surface area (Å²) in [6.07, 6.45) is -0.411. The van der Waals surface area contributed by atoms with Crippen molar-refractivity contribution in [2.24, 2.45) is 11.8 Å². The summed E-state index contributed by atoms with van der Waals surface area (Å²) >= 11 is 0. The Balaban J connectivity index is 1.56. The first kappa shape index (κ1) is 17.4. The van der Waals surface area contributed by atoms with Gasteiger partial charge < -0.3 is 5.11 Å². The Bertz CT molecular complexity index is 831. The van der Waals surface area contributed by atoms with E-state index in [1.54, 1.807) is 12.1 Å². The summed E-state index contributed by atoms with van der Waals surface area (Å²) in [6, 6.07) is 4.99. The first-order valence-corrected chi connectivity index (χ1v) is 9.13. The molecule has 2 aliphatic rings. The summed E-state index contributed by atoms with van der Waals surface area (Å²) in [5, 5.41) is 14.8. The number of fused-ring (bicyclic) bond motifs is 1. The van der Waals surface area contributed by atoms with Crippen LogP contribution in [0, 0.1) is 11.8 Å². The van der Waals surface area contributed by atoms with Gasteiger partial charge in [0.15, 0.2) is 0 Å². The van der Waals surface area contributed by atoms with Gasteiger partial charge in [-0.05, 0) is 56.6 Å². The molecule has 2 fully saturated rings. The number of aromatic carboxylic acids is 1. The Labute approximate surface area is 149 Å². The van der Waals surface area contributed by atoms with E-state index in [-0.39, 0.29) is 24.3 Å². The number of carboxylic acids is 1. The molecule has 0 saturated heterocycles. The van der Waals surface area contributed by atoms with Gasteiger partial charge in [-0.25, -0.2) is 4.79 Å². The summed E-state index contributed by atoms with van der Waals surface area (Å²) < 4.78 is 40.5. The molecule has 26 heavy (non-hydrogen) atoms. The number of carboxylic acid groups (broad SMARTS) is 1. The first-order valence-electron chi connectivity index (χ1n) is 9.13. The monoisotopic (exact) mass is 366 g/mol. The summed E-state index contributed by atoms with van der Waals surface area (Å²) in [5.41, 5.74) is 1.99. The average Bonchev–Trinajstić information content (AvgIpc) is 3.35. The summed E-state index contributed by atoms with van der Waals surface area (Å²) in [7, 11) is 0. The molecule has 0 atom stereocenters. The standard InChI is InChI=1S/C19H21F3N2O2/c20-19(21,22)14-6-1-11(2-7-14)10-24-17(12-3-4-12)15-8-5-13(18(25)26)9-16(15)23-24/h5,8-9,11-12,14H,1-4,6-7,10H2,(H,25,26)/t11-,14-. The smallest absolute Gasteiger partial charge is 0.391 e. The van der Waals surface area contributed by atoms with Crippen molar-refractivity contribution in [3.05, 3.63) is 29.5 Å². The molecule has 1 aromatic carbocycles. The second-order valence-corrected chi connectivity index (χ2v) is 7.64. The molecule has 1 heterocycles. The van der Waals surface area contributed by atoms with Gasteiger partial charge in [0.25, 0.3) is 0 Å². The van der Waals surface area contributed by atoms with Crippen LogP contribution in [0.15, 0.2) is 18.2 Å². The van der Waals surface area contributed by atoms with Crippen LogP contribution in [0.5, 0.6) is 0 Å². The van der Waals surface area contributed by atoms with Crippen molar-refractivity contribution < 1.29 is 23.1 Å². The normalized spacial score (nSPS) is 24.1. The fourth-order valence-electron chi connectivity index (χ4n) is 4.13. The number of rotatable bonds is 4. The minimum absolute atomic E-state index is 0.191. The van der Waals surface area contributed by atoms with Gasteiger partial charge in [-0.1, -0.05) is 6.07 Å². The van der Waals surface area contributed by atoms with Crippen molar-refractivity contribution in [3.8, 4) is 0 Å². The van der Waals surface area contributed by atoms with E-state index in [4.69, 9.17) is 5.11 Å². The third kappa shape index (κ3) is 3.31. The summed E-state index contributed by atoms with van der Waals surface area (Å²) in [5.74, 6) is -1.53. The molecule has 140 valence electrons. The molecule has 1 aromatic heterocycles. The fourth-order valence-corrected chi connectivity index (χ4v) is 4.13. The molecule has 0 radical (unpaired) electrons. The highest BCUT2D eigenvalue weighted by molar-refractivity contribution is 5.94. The third-order valence-electron chi connectivity index (χ3n) is 5.73. The zero-order valence-corrected chi connectivity index (χ0v) is 14.3. The quantitative estimate of drug-likeness (QED) is 0.830. The van der Waals surface area contributed by atoms with Crippen LogP contribution in [-0.4, -0.2) is 27.0 Å². The lowest BCUT2D eigenvalue weighted by Crippen LogP contribution is -2.29. The van der Waals surface area contributed by atoms with E-state index in [0.717, 1.165) is 23.9 Å². The second kappa shape index (κ2) is 6.28. The van der Waals surface area contributed by atoms with E-state index < -0.39 is 18.1 Å². The van der Waals surface area contributed by atoms with E-state index >= 15 is 0 Å². The van der Waals surface area contributed by atoms with Crippen molar-refractivity contribution in [1.29, 1.82) is 0 Å². The number of aromatic nitrogens is 2. The molecule has 0 bridgehead atoms. The minimum atomic E-state index is -4.09. The predicted molar refractivity (Wildman–Crippen MR) is 90.2 cm³/mol. The Morgan fingerprint density at radius 3 is 2.42 bits per heavy atom. The maximum atomic E-state index is 12.9. The molecule has 4 rings (SSSR count). The van der Waals surface area contributed by atoms with Gasteiger partial charge in [0, 0.05) is 23.5 Å². The number of hydrogen-bond donors (Lipinski definition) is 1. The maximum absolute atomic E-state index is 12.9. The Morgan fingerprint density at radius 2 is 1.85 bits per heavy atom. The molecule has 0 spiro atoms. The van der Waals surface area contributed by atoms with Crippen LogP contribution in [-0.2, 0) is 6.54 Å². The molecule has 1 N–H and O–H groups in total. The van der Waals surface area contributed by atoms with Gasteiger partial charge in [0.1, 0.15) is 0 Å². The SMILES string of the molecule is O=C(O)c1ccc2c(C3CC3)n(C[C@H]3CC[C@H](C(F)(F)F)CC3)nc2c1. The topological polar surface area (TPSA) is 55.1 Å². The van der Waals surface area contributed by atoms with E-state index in [2.05, 4.69) is 5.10 Å². The Morgan fingerprint density at radius 1 is 1.15 bits per heavy atom. The van der Waals surface area contributed by atoms with Crippen molar-refractivity contribution in [2.45, 2.75) is 57.2 Å². The van der Waals surface area contributed by atoms with Crippen molar-refractivity contribution >= 4 is 16.9 Å². The van der Waals surface area contributed by atoms with Crippen LogP contribution in [0.3, 0.4) is 0 Å². The van der Waals surface area contributed by atoms with Crippen molar-refractivity contribution in [3.63, 3.8) is 0 Å². The number of carbonyl (C=O) groups is 1. The number of hydrogen-bond acceptors (Lipinski definition) is 2. The molecule has 7 heteroatoms. The van der Waals surface area contributed by atoms with Crippen LogP contribution in [0.25, 0.3) is 10.9 Å². The Hall–Kier alpha value is -2.05. The second-order valence-electron chi connectivity index (χ2n) is 7.64. The number of nitrogens with zero attached hydrogens (tertiary/aromatic N) is 2. The maximum Gasteiger partial charge on any atom is 0.391 e. The molecule has 2 saturated carbocycles. The van der Waals surface area contributed by atoms with Crippen molar-refractivity contribution in [2.75, 3.05) is 0 Å². The highest BCUT2D eigenvalue weighted by Crippen LogP contribution is 2.45. The predicted octanol–water partition coefficient (Wildman–Crippen LogP) is 4.98. The van der Waals surface area contributed by atoms with Crippen LogP contribution in [0.4, 0.5) is 13.2 Å². The lowest BCUT2D eigenvalue weighted by Gasteiger charge is -2.30. The van der Waals surface area contributed by atoms with Crippen molar-refractivity contribution in [1.82, 2.24) is 9.78 Å². The molecule has 2 aromatic rings. The van der Waals surface area contributed by atoms with Gasteiger partial charge in [-0.15, -0.1) is 0 Å². The van der Waals surface area contributed by atoms with Gasteiger partial charge in [0.05, 0.1) is 17.0 Å². The van der Waals surface area contributed by atoms with Crippen LogP contribution >= 0.6 is 0 Å². The molecule has 2 aliphatic carbocycles. The highest BCUT2D eigenvalue weighted by atomic mass is 19.4. The number of alkyl halides is 3. The molecular formula is C19H21F3N2O2. The average molecular weight is 366 g/mol. The van der Waals surface area contributed by atoms with E-state index in [1.165, 1.54) is 0 Å². The molecular weight excluding hydrogens is 345 g/mol. The summed E-state index contributed by atoms with van der Waals surface area (Å²) in [4.78, 5) is 11.2. The van der Waals surface area contributed by atoms with E-state index in [0.29, 0.717) is 30.8 Å². The van der Waals surface area contributed by atoms with Gasteiger partial charge in [-0.3, -0.25) is 4.68 Å². The van der Waals surface area contributed by atoms with E-state index in [9.17, 15) is 18.0 Å². The molecule has 0 unspecified atom stereocenters. The number of benzene rings is 1. The lowest BCUT2D eigenvalue weighted by atomic mass is 9.81. The Kier molecular flexibility index (Phi) is 4.20. The fraction of sp³-hybridized carbons (Fsp3) is 0.579. The third-order valence-corrected chi connectivity index (χ3v) is 5.73. The highest BCUT2D eigenvalue weighted by Gasteiger charge is 2.41. The van der Waals surface area contributed by atoms with E-state index in [1.807, 2.05) is 10.7 Å². The van der Waals surface area contributed by atoms with Crippen LogP contribution in [0.1, 0.15) is 60.5 Å². The van der Waals surface area contributed by atoms with Gasteiger partial charge in [-0.2, -0.15) is 18.3 Å². The lowest BCUT2D eigenvalue weighted by molar-refractivity contribution is -0.184. The van der Waals surface area contributed by atoms with Gasteiger partial charge >= 0.3 is 12.1 Å². The minimum Gasteiger partial charge on any atom is -0.478 e. The zero-order chi connectivity index (χ0) is 18.5. The zero-order valence-electron chi connectivity index (χ0n) is 14.3. The number of halogens is 3. The first-order chi connectivity index (χ1) is 12.3. The molecule has 4 nitrogen and oxygen atoms in total.